The molecular formula is C21H15N3O4. The number of hydrogen-bond acceptors (Lipinski definition) is 6. The van der Waals surface area contributed by atoms with Crippen molar-refractivity contribution >= 4 is 22.6 Å². The van der Waals surface area contributed by atoms with Crippen LogP contribution in [0.5, 0.6) is 5.75 Å². The van der Waals surface area contributed by atoms with Gasteiger partial charge in [-0.25, -0.2) is 4.79 Å². The molecule has 0 fully saturated rings. The summed E-state index contributed by atoms with van der Waals surface area (Å²) in [6, 6.07) is 15.9. The summed E-state index contributed by atoms with van der Waals surface area (Å²) < 4.78 is 11.1. The molecule has 0 radical (unpaired) electrons. The summed E-state index contributed by atoms with van der Waals surface area (Å²) in [6.45, 7) is 1.41. The molecule has 28 heavy (non-hydrogen) atoms. The number of carbonyl (C=O) groups is 1. The molecule has 7 heteroatoms. The van der Waals surface area contributed by atoms with Gasteiger partial charge in [-0.05, 0) is 29.8 Å². The Morgan fingerprint density at radius 3 is 2.57 bits per heavy atom. The lowest BCUT2D eigenvalue weighted by atomic mass is 9.84. The number of benzene rings is 2. The number of ether oxygens (including phenoxy) is 1. The quantitative estimate of drug-likeness (QED) is 0.667. The van der Waals surface area contributed by atoms with Gasteiger partial charge < -0.3 is 20.2 Å². The number of amides is 1. The van der Waals surface area contributed by atoms with E-state index >= 15 is 0 Å². The highest BCUT2D eigenvalue weighted by molar-refractivity contribution is 5.89. The molecule has 0 saturated carbocycles. The van der Waals surface area contributed by atoms with Crippen molar-refractivity contribution in [3.8, 4) is 11.8 Å². The van der Waals surface area contributed by atoms with E-state index in [1.54, 1.807) is 48.5 Å². The van der Waals surface area contributed by atoms with Gasteiger partial charge >= 0.3 is 5.63 Å². The van der Waals surface area contributed by atoms with Gasteiger partial charge in [0.05, 0.1) is 16.9 Å². The Kier molecular flexibility index (Phi) is 4.09. The zero-order chi connectivity index (χ0) is 19.8. The van der Waals surface area contributed by atoms with Gasteiger partial charge in [0.1, 0.15) is 17.2 Å². The van der Waals surface area contributed by atoms with E-state index in [1.807, 2.05) is 6.07 Å². The van der Waals surface area contributed by atoms with E-state index in [0.717, 1.165) is 0 Å². The second-order valence-electron chi connectivity index (χ2n) is 6.36. The molecule has 0 aliphatic carbocycles. The van der Waals surface area contributed by atoms with Crippen LogP contribution in [0.25, 0.3) is 11.0 Å². The molecule has 1 atom stereocenters. The number of nitrogens with zero attached hydrogens (tertiary/aromatic N) is 1. The second-order valence-corrected chi connectivity index (χ2v) is 6.36. The van der Waals surface area contributed by atoms with Crippen LogP contribution in [-0.4, -0.2) is 5.91 Å². The minimum Gasteiger partial charge on any atom is -0.439 e. The van der Waals surface area contributed by atoms with E-state index in [2.05, 4.69) is 5.32 Å². The van der Waals surface area contributed by atoms with Crippen LogP contribution >= 0.6 is 0 Å². The molecule has 7 nitrogen and oxygen atoms in total. The SMILES string of the molecule is CC(=O)Nc1ccc(C2C(C#N)=C(N)Oc3c2c(=O)oc2ccccc32)cc1. The Balaban J connectivity index is 1.94. The number of anilines is 1. The molecule has 1 aliphatic heterocycles. The minimum atomic E-state index is -0.735. The molecule has 3 N–H and O–H groups in total. The lowest BCUT2D eigenvalue weighted by molar-refractivity contribution is -0.114. The van der Waals surface area contributed by atoms with E-state index in [1.165, 1.54) is 6.92 Å². The van der Waals surface area contributed by atoms with Crippen LogP contribution in [0.4, 0.5) is 5.69 Å². The fourth-order valence-corrected chi connectivity index (χ4v) is 3.36. The predicted octanol–water partition coefficient (Wildman–Crippen LogP) is 2.97. The average molecular weight is 373 g/mol. The summed E-state index contributed by atoms with van der Waals surface area (Å²) in [6.07, 6.45) is 0. The normalized spacial score (nSPS) is 15.5. The number of carbonyl (C=O) groups excluding carboxylic acids is 1. The maximum Gasteiger partial charge on any atom is 0.344 e. The van der Waals surface area contributed by atoms with Crippen LogP contribution in [0.1, 0.15) is 24.0 Å². The van der Waals surface area contributed by atoms with Gasteiger partial charge in [-0.1, -0.05) is 24.3 Å². The van der Waals surface area contributed by atoms with E-state index < -0.39 is 11.5 Å². The first kappa shape index (κ1) is 17.4. The van der Waals surface area contributed by atoms with Crippen molar-refractivity contribution in [1.29, 1.82) is 5.26 Å². The lowest BCUT2D eigenvalue weighted by Gasteiger charge is -2.26. The van der Waals surface area contributed by atoms with E-state index in [9.17, 15) is 14.9 Å². The predicted molar refractivity (Wildman–Crippen MR) is 103 cm³/mol. The molecule has 4 rings (SSSR count). The number of nitrogens with one attached hydrogen (secondary N) is 1. The number of rotatable bonds is 2. The molecule has 1 aliphatic rings. The monoisotopic (exact) mass is 373 g/mol. The molecule has 0 saturated heterocycles. The van der Waals surface area contributed by atoms with Gasteiger partial charge in [-0.3, -0.25) is 4.79 Å². The molecule has 0 bridgehead atoms. The minimum absolute atomic E-state index is 0.0540. The fraction of sp³-hybridized carbons (Fsp3) is 0.0952. The lowest BCUT2D eigenvalue weighted by Crippen LogP contribution is -2.26. The molecule has 2 heterocycles. The Bertz CT molecular complexity index is 1230. The van der Waals surface area contributed by atoms with Crippen LogP contribution in [0.15, 0.2) is 69.2 Å². The van der Waals surface area contributed by atoms with Gasteiger partial charge in [0.15, 0.2) is 5.75 Å². The van der Waals surface area contributed by atoms with Crippen LogP contribution in [-0.2, 0) is 4.79 Å². The first-order valence-electron chi connectivity index (χ1n) is 8.50. The smallest absolute Gasteiger partial charge is 0.344 e. The molecule has 1 amide bonds. The molecule has 138 valence electrons. The zero-order valence-corrected chi connectivity index (χ0v) is 14.9. The summed E-state index contributed by atoms with van der Waals surface area (Å²) in [5.41, 5.74) is 7.40. The summed E-state index contributed by atoms with van der Waals surface area (Å²) in [5, 5.41) is 12.9. The third-order valence-electron chi connectivity index (χ3n) is 4.54. The van der Waals surface area contributed by atoms with Gasteiger partial charge in [-0.15, -0.1) is 0 Å². The van der Waals surface area contributed by atoms with Crippen molar-refractivity contribution in [1.82, 2.24) is 0 Å². The molecule has 1 unspecified atom stereocenters. The van der Waals surface area contributed by atoms with Crippen LogP contribution in [0.3, 0.4) is 0 Å². The molecule has 3 aromatic rings. The van der Waals surface area contributed by atoms with E-state index in [4.69, 9.17) is 14.9 Å². The third kappa shape index (κ3) is 2.77. The number of fused-ring (bicyclic) bond motifs is 3. The van der Waals surface area contributed by atoms with Crippen LogP contribution in [0, 0.1) is 11.3 Å². The topological polar surface area (TPSA) is 118 Å². The molecular weight excluding hydrogens is 358 g/mol. The van der Waals surface area contributed by atoms with Gasteiger partial charge in [-0.2, -0.15) is 5.26 Å². The highest BCUT2D eigenvalue weighted by Crippen LogP contribution is 2.43. The number of para-hydroxylation sites is 1. The van der Waals surface area contributed by atoms with Crippen molar-refractivity contribution < 1.29 is 13.9 Å². The fourth-order valence-electron chi connectivity index (χ4n) is 3.36. The summed E-state index contributed by atoms with van der Waals surface area (Å²) >= 11 is 0. The van der Waals surface area contributed by atoms with Crippen molar-refractivity contribution in [2.45, 2.75) is 12.8 Å². The van der Waals surface area contributed by atoms with Crippen LogP contribution in [0.2, 0.25) is 0 Å². The second kappa shape index (κ2) is 6.59. The Labute approximate surface area is 159 Å². The summed E-state index contributed by atoms with van der Waals surface area (Å²) in [7, 11) is 0. The Hall–Kier alpha value is -4.05. The third-order valence-corrected chi connectivity index (χ3v) is 4.54. The van der Waals surface area contributed by atoms with Crippen molar-refractivity contribution in [3.63, 3.8) is 0 Å². The number of hydrogen-bond donors (Lipinski definition) is 2. The highest BCUT2D eigenvalue weighted by atomic mass is 16.5. The van der Waals surface area contributed by atoms with Gasteiger partial charge in [0.25, 0.3) is 0 Å². The maximum absolute atomic E-state index is 12.8. The average Bonchev–Trinajstić information content (AvgIpc) is 2.67. The first-order valence-corrected chi connectivity index (χ1v) is 8.50. The Morgan fingerprint density at radius 1 is 1.18 bits per heavy atom. The van der Waals surface area contributed by atoms with Gasteiger partial charge in [0, 0.05) is 12.6 Å². The number of nitriles is 1. The number of nitrogens with two attached hydrogens (primary N) is 1. The Morgan fingerprint density at radius 2 is 1.89 bits per heavy atom. The first-order chi connectivity index (χ1) is 13.5. The standard InChI is InChI=1S/C21H15N3O4/c1-11(25)24-13-8-6-12(7-9-13)17-15(10-22)20(23)28-19-14-4-2-3-5-16(14)27-21(26)18(17)19/h2-9,17H,23H2,1H3,(H,24,25). The molecule has 2 aromatic carbocycles. The van der Waals surface area contributed by atoms with Crippen LogP contribution < -0.4 is 21.4 Å². The van der Waals surface area contributed by atoms with E-state index in [-0.39, 0.29) is 22.9 Å². The van der Waals surface area contributed by atoms with Crippen molar-refractivity contribution in [2.24, 2.45) is 5.73 Å². The summed E-state index contributed by atoms with van der Waals surface area (Å²) in [5.74, 6) is -0.694. The molecule has 1 aromatic heterocycles. The highest BCUT2D eigenvalue weighted by Gasteiger charge is 2.35. The maximum atomic E-state index is 12.8. The van der Waals surface area contributed by atoms with Crippen molar-refractivity contribution in [2.75, 3.05) is 5.32 Å². The zero-order valence-electron chi connectivity index (χ0n) is 14.9. The van der Waals surface area contributed by atoms with E-state index in [0.29, 0.717) is 28.0 Å². The van der Waals surface area contributed by atoms with Gasteiger partial charge in [0.2, 0.25) is 11.8 Å². The summed E-state index contributed by atoms with van der Waals surface area (Å²) in [4.78, 5) is 24.0. The number of allylic oxidation sites excluding steroid dienone is 1. The molecule has 0 spiro atoms. The van der Waals surface area contributed by atoms with Crippen molar-refractivity contribution in [3.05, 3.63) is 81.5 Å². The largest absolute Gasteiger partial charge is 0.439 e.